The molecule has 6 nitrogen and oxygen atoms in total. The Bertz CT molecular complexity index is 1130. The van der Waals surface area contributed by atoms with Crippen LogP contribution in [0.3, 0.4) is 0 Å². The van der Waals surface area contributed by atoms with Crippen LogP contribution in [0.4, 0.5) is 0 Å². The highest BCUT2D eigenvalue weighted by molar-refractivity contribution is 9.10. The van der Waals surface area contributed by atoms with Gasteiger partial charge in [0.25, 0.3) is 5.91 Å². The number of esters is 1. The fraction of sp³-hybridized carbons (Fsp3) is 0.0870. The van der Waals surface area contributed by atoms with Crippen LogP contribution in [0.15, 0.2) is 76.3 Å². The normalized spacial score (nSPS) is 10.7. The molecule has 0 aliphatic heterocycles. The molecule has 0 radical (unpaired) electrons. The second-order valence-corrected chi connectivity index (χ2v) is 7.54. The fourth-order valence-corrected chi connectivity index (χ4v) is 3.21. The van der Waals surface area contributed by atoms with Crippen molar-refractivity contribution in [1.82, 2.24) is 5.43 Å². The second-order valence-electron chi connectivity index (χ2n) is 6.22. The van der Waals surface area contributed by atoms with Gasteiger partial charge in [-0.05, 0) is 61.0 Å². The van der Waals surface area contributed by atoms with E-state index in [1.54, 1.807) is 60.7 Å². The van der Waals surface area contributed by atoms with Gasteiger partial charge in [-0.3, -0.25) is 4.79 Å². The van der Waals surface area contributed by atoms with Crippen LogP contribution in [0.25, 0.3) is 0 Å². The van der Waals surface area contributed by atoms with Crippen molar-refractivity contribution in [3.8, 4) is 11.5 Å². The standard InChI is InChI=1S/C23H18BrClN2O4/c1-2-30-21-12-15(14-26-27-22(28)16-6-5-7-17(24)13-16)10-11-20(21)31-23(29)18-8-3-4-9-19(18)25/h3-14H,2H2,1H3,(H,27,28)/b26-14+. The maximum atomic E-state index is 12.4. The first kappa shape index (κ1) is 22.5. The zero-order chi connectivity index (χ0) is 22.2. The summed E-state index contributed by atoms with van der Waals surface area (Å²) in [7, 11) is 0. The number of carbonyl (C=O) groups is 2. The van der Waals surface area contributed by atoms with Crippen molar-refractivity contribution in [1.29, 1.82) is 0 Å². The van der Waals surface area contributed by atoms with Gasteiger partial charge in [-0.15, -0.1) is 0 Å². The van der Waals surface area contributed by atoms with Gasteiger partial charge in [0.1, 0.15) is 0 Å². The summed E-state index contributed by atoms with van der Waals surface area (Å²) in [6.45, 7) is 2.19. The SMILES string of the molecule is CCOc1cc(/C=N/NC(=O)c2cccc(Br)c2)ccc1OC(=O)c1ccccc1Cl. The van der Waals surface area contributed by atoms with Crippen LogP contribution >= 0.6 is 27.5 Å². The molecule has 1 N–H and O–H groups in total. The lowest BCUT2D eigenvalue weighted by Crippen LogP contribution is -2.17. The van der Waals surface area contributed by atoms with E-state index in [4.69, 9.17) is 21.1 Å². The summed E-state index contributed by atoms with van der Waals surface area (Å²) >= 11 is 9.39. The minimum absolute atomic E-state index is 0.252. The van der Waals surface area contributed by atoms with Crippen LogP contribution in [0, 0.1) is 0 Å². The number of hydrogen-bond acceptors (Lipinski definition) is 5. The number of benzene rings is 3. The number of amides is 1. The van der Waals surface area contributed by atoms with Gasteiger partial charge in [-0.1, -0.05) is 45.7 Å². The van der Waals surface area contributed by atoms with Crippen molar-refractivity contribution in [2.75, 3.05) is 6.61 Å². The molecule has 0 heterocycles. The van der Waals surface area contributed by atoms with Crippen LogP contribution in [0.2, 0.25) is 5.02 Å². The van der Waals surface area contributed by atoms with Crippen LogP contribution in [0.1, 0.15) is 33.2 Å². The van der Waals surface area contributed by atoms with Crippen molar-refractivity contribution in [3.05, 3.63) is 92.9 Å². The first-order chi connectivity index (χ1) is 15.0. The molecule has 0 saturated heterocycles. The lowest BCUT2D eigenvalue weighted by atomic mass is 10.2. The molecule has 0 aromatic heterocycles. The topological polar surface area (TPSA) is 77.0 Å². The van der Waals surface area contributed by atoms with E-state index in [1.807, 2.05) is 13.0 Å². The Morgan fingerprint density at radius 3 is 2.61 bits per heavy atom. The first-order valence-electron chi connectivity index (χ1n) is 9.30. The highest BCUT2D eigenvalue weighted by Gasteiger charge is 2.15. The summed E-state index contributed by atoms with van der Waals surface area (Å²) in [4.78, 5) is 24.6. The van der Waals surface area contributed by atoms with Gasteiger partial charge >= 0.3 is 5.97 Å². The van der Waals surface area contributed by atoms with Gasteiger partial charge in [0.05, 0.1) is 23.4 Å². The van der Waals surface area contributed by atoms with Crippen molar-refractivity contribution in [2.24, 2.45) is 5.10 Å². The molecule has 31 heavy (non-hydrogen) atoms. The molecule has 158 valence electrons. The summed E-state index contributed by atoms with van der Waals surface area (Å²) in [5.74, 6) is -0.311. The molecule has 0 bridgehead atoms. The lowest BCUT2D eigenvalue weighted by Gasteiger charge is -2.12. The molecule has 1 amide bonds. The predicted octanol–water partition coefficient (Wildman–Crippen LogP) is 5.48. The van der Waals surface area contributed by atoms with Gasteiger partial charge in [0.2, 0.25) is 0 Å². The molecular weight excluding hydrogens is 484 g/mol. The second kappa shape index (κ2) is 10.7. The summed E-state index contributed by atoms with van der Waals surface area (Å²) < 4.78 is 11.9. The van der Waals surface area contributed by atoms with Crippen LogP contribution < -0.4 is 14.9 Å². The molecule has 3 rings (SSSR count). The molecule has 0 aliphatic rings. The molecule has 3 aromatic rings. The van der Waals surface area contributed by atoms with E-state index in [1.165, 1.54) is 6.21 Å². The van der Waals surface area contributed by atoms with E-state index in [-0.39, 0.29) is 17.2 Å². The molecule has 0 atom stereocenters. The molecule has 0 aliphatic carbocycles. The third-order valence-corrected chi connectivity index (χ3v) is 4.85. The third-order valence-electron chi connectivity index (χ3n) is 4.03. The molecular formula is C23H18BrClN2O4. The average Bonchev–Trinajstić information content (AvgIpc) is 2.76. The average molecular weight is 502 g/mol. The molecule has 0 spiro atoms. The maximum Gasteiger partial charge on any atom is 0.345 e. The van der Waals surface area contributed by atoms with E-state index in [9.17, 15) is 9.59 Å². The summed E-state index contributed by atoms with van der Waals surface area (Å²) in [5, 5.41) is 4.28. The van der Waals surface area contributed by atoms with Crippen LogP contribution in [0.5, 0.6) is 11.5 Å². The number of nitrogens with one attached hydrogen (secondary N) is 1. The molecule has 0 unspecified atom stereocenters. The molecule has 0 saturated carbocycles. The van der Waals surface area contributed by atoms with Crippen LogP contribution in [-0.4, -0.2) is 24.7 Å². The molecule has 0 fully saturated rings. The third kappa shape index (κ3) is 6.16. The molecule has 3 aromatic carbocycles. The Labute approximate surface area is 193 Å². The summed E-state index contributed by atoms with van der Waals surface area (Å²) in [6.07, 6.45) is 1.47. The van der Waals surface area contributed by atoms with E-state index >= 15 is 0 Å². The van der Waals surface area contributed by atoms with E-state index in [0.29, 0.717) is 28.5 Å². The summed E-state index contributed by atoms with van der Waals surface area (Å²) in [5.41, 5.74) is 3.85. The van der Waals surface area contributed by atoms with E-state index in [0.717, 1.165) is 4.47 Å². The number of rotatable bonds is 7. The smallest absolute Gasteiger partial charge is 0.345 e. The van der Waals surface area contributed by atoms with E-state index in [2.05, 4.69) is 26.5 Å². The zero-order valence-corrected chi connectivity index (χ0v) is 18.8. The van der Waals surface area contributed by atoms with Crippen molar-refractivity contribution < 1.29 is 19.1 Å². The monoisotopic (exact) mass is 500 g/mol. The van der Waals surface area contributed by atoms with Gasteiger partial charge in [-0.2, -0.15) is 5.10 Å². The number of hydrazone groups is 1. The lowest BCUT2D eigenvalue weighted by molar-refractivity contribution is 0.0728. The highest BCUT2D eigenvalue weighted by Crippen LogP contribution is 2.29. The Morgan fingerprint density at radius 2 is 1.87 bits per heavy atom. The van der Waals surface area contributed by atoms with Crippen LogP contribution in [-0.2, 0) is 0 Å². The quantitative estimate of drug-likeness (QED) is 0.201. The Kier molecular flexibility index (Phi) is 7.81. The van der Waals surface area contributed by atoms with Crippen molar-refractivity contribution in [3.63, 3.8) is 0 Å². The number of halogens is 2. The maximum absolute atomic E-state index is 12.4. The Balaban J connectivity index is 1.72. The number of ether oxygens (including phenoxy) is 2. The highest BCUT2D eigenvalue weighted by atomic mass is 79.9. The minimum Gasteiger partial charge on any atom is -0.490 e. The Morgan fingerprint density at radius 1 is 1.06 bits per heavy atom. The van der Waals surface area contributed by atoms with Gasteiger partial charge in [0, 0.05) is 10.0 Å². The largest absolute Gasteiger partial charge is 0.490 e. The summed E-state index contributed by atoms with van der Waals surface area (Å²) in [6, 6.07) is 18.5. The Hall–Kier alpha value is -3.16. The number of carbonyl (C=O) groups excluding carboxylic acids is 2. The van der Waals surface area contributed by atoms with E-state index < -0.39 is 5.97 Å². The van der Waals surface area contributed by atoms with Gasteiger partial charge in [-0.25, -0.2) is 10.2 Å². The fourth-order valence-electron chi connectivity index (χ4n) is 2.60. The zero-order valence-electron chi connectivity index (χ0n) is 16.5. The number of nitrogens with zero attached hydrogens (tertiary/aromatic N) is 1. The van der Waals surface area contributed by atoms with Crippen molar-refractivity contribution in [2.45, 2.75) is 6.92 Å². The van der Waals surface area contributed by atoms with Crippen molar-refractivity contribution >= 4 is 45.6 Å². The van der Waals surface area contributed by atoms with Gasteiger partial charge in [0.15, 0.2) is 11.5 Å². The number of hydrogen-bond donors (Lipinski definition) is 1. The molecule has 8 heteroatoms. The first-order valence-corrected chi connectivity index (χ1v) is 10.5. The minimum atomic E-state index is -0.589. The van der Waals surface area contributed by atoms with Gasteiger partial charge < -0.3 is 9.47 Å². The predicted molar refractivity (Wildman–Crippen MR) is 123 cm³/mol.